The van der Waals surface area contributed by atoms with Crippen LogP contribution >= 0.6 is 0 Å². The number of amidine groups is 1. The van der Waals surface area contributed by atoms with Crippen LogP contribution in [0, 0.1) is 5.92 Å². The third-order valence-electron chi connectivity index (χ3n) is 13.4. The number of hydrogen-bond acceptors (Lipinski definition) is 3. The molecule has 7 aromatic carbocycles. The highest BCUT2D eigenvalue weighted by atomic mass is 15.3. The first kappa shape index (κ1) is 32.7. The highest BCUT2D eigenvalue weighted by Crippen LogP contribution is 2.69. The zero-order chi connectivity index (χ0) is 37.5. The first-order chi connectivity index (χ1) is 28.3. The molecule has 0 radical (unpaired) electrons. The number of allylic oxidation sites excluding steroid dienone is 6. The first-order valence-electron chi connectivity index (χ1n) is 20.4. The fraction of sp³-hybridized carbons (Fsp3) is 0.130. The molecule has 57 heavy (non-hydrogen) atoms. The van der Waals surface area contributed by atoms with Crippen molar-refractivity contribution in [3.05, 3.63) is 239 Å². The van der Waals surface area contributed by atoms with Crippen LogP contribution in [-0.2, 0) is 5.41 Å². The van der Waals surface area contributed by atoms with E-state index < -0.39 is 0 Å². The van der Waals surface area contributed by atoms with Gasteiger partial charge in [-0.2, -0.15) is 0 Å². The standard InChI is InChI=1S/C54H41N3/c1-3-16-35(17-4-1)45-32-38-21-9-10-22-41(38)50-49(45)44-30-29-40(33-48(44)54(50)46-25-13-11-23-42(46)43-24-12-14-26-47(43)54)53-56-51(36-18-5-2-6-19-36)55-52(57-53)39-28-27-34-15-7-8-20-37(34)31-39/h1-23,25-33,43-44,48,51,53,56H,24H2,(H,55,57). The van der Waals surface area contributed by atoms with Crippen LogP contribution in [0.3, 0.4) is 0 Å². The molecule has 0 fully saturated rings. The molecular weight excluding hydrogens is 691 g/mol. The summed E-state index contributed by atoms with van der Waals surface area (Å²) in [6.45, 7) is 0. The van der Waals surface area contributed by atoms with Gasteiger partial charge in [-0.1, -0.05) is 182 Å². The van der Waals surface area contributed by atoms with E-state index in [1.165, 1.54) is 66.1 Å². The average molecular weight is 732 g/mol. The van der Waals surface area contributed by atoms with Crippen molar-refractivity contribution in [2.75, 3.05) is 0 Å². The molecule has 1 aliphatic heterocycles. The average Bonchev–Trinajstić information content (AvgIpc) is 3.76. The van der Waals surface area contributed by atoms with E-state index in [-0.39, 0.29) is 29.6 Å². The third-order valence-corrected chi connectivity index (χ3v) is 13.4. The van der Waals surface area contributed by atoms with Crippen LogP contribution < -0.4 is 10.6 Å². The number of rotatable bonds is 4. The van der Waals surface area contributed by atoms with Gasteiger partial charge in [-0.05, 0) is 90.2 Å². The molecule has 1 spiro atoms. The lowest BCUT2D eigenvalue weighted by Gasteiger charge is -2.40. The van der Waals surface area contributed by atoms with Crippen LogP contribution in [0.5, 0.6) is 0 Å². The van der Waals surface area contributed by atoms with Gasteiger partial charge < -0.3 is 5.32 Å². The van der Waals surface area contributed by atoms with Gasteiger partial charge in [0.2, 0.25) is 0 Å². The second kappa shape index (κ2) is 12.7. The summed E-state index contributed by atoms with van der Waals surface area (Å²) >= 11 is 0. The van der Waals surface area contributed by atoms with Gasteiger partial charge in [0.25, 0.3) is 0 Å². The molecule has 0 aromatic heterocycles. The second-order valence-corrected chi connectivity index (χ2v) is 16.2. The molecule has 7 aromatic rings. The summed E-state index contributed by atoms with van der Waals surface area (Å²) in [6.07, 6.45) is 15.4. The number of aliphatic imine (C=N–C) groups is 1. The summed E-state index contributed by atoms with van der Waals surface area (Å²) in [5.74, 6) is 1.60. The third kappa shape index (κ3) is 4.85. The molecule has 0 saturated carbocycles. The molecule has 3 nitrogen and oxygen atoms in total. The van der Waals surface area contributed by atoms with Crippen LogP contribution in [0.15, 0.2) is 210 Å². The molecular formula is C54H41N3. The highest BCUT2D eigenvalue weighted by molar-refractivity contribution is 6.03. The minimum Gasteiger partial charge on any atom is -0.350 e. The van der Waals surface area contributed by atoms with Gasteiger partial charge in [-0.15, -0.1) is 0 Å². The SMILES string of the molecule is C1=CCC2C(=C1)C1(c3ccccc32)c2c(c(-c3ccccc3)cc3ccccc23)C2C=CC(C3NC(c4ccc5ccccc5c4)=NC(c4ccccc4)N3)=CC21. The Hall–Kier alpha value is -6.55. The zero-order valence-corrected chi connectivity index (χ0v) is 31.5. The lowest BCUT2D eigenvalue weighted by molar-refractivity contribution is 0.418. The smallest absolute Gasteiger partial charge is 0.131 e. The normalized spacial score (nSPS) is 25.3. The second-order valence-electron chi connectivity index (χ2n) is 16.2. The largest absolute Gasteiger partial charge is 0.350 e. The number of nitrogens with one attached hydrogen (secondary N) is 2. The van der Waals surface area contributed by atoms with Crippen molar-refractivity contribution < 1.29 is 0 Å². The van der Waals surface area contributed by atoms with E-state index in [4.69, 9.17) is 4.99 Å². The monoisotopic (exact) mass is 731 g/mol. The van der Waals surface area contributed by atoms with Gasteiger partial charge in [-0.25, -0.2) is 4.99 Å². The molecule has 5 aliphatic rings. The van der Waals surface area contributed by atoms with Crippen molar-refractivity contribution in [3.8, 4) is 11.1 Å². The summed E-state index contributed by atoms with van der Waals surface area (Å²) in [4.78, 5) is 5.33. The van der Waals surface area contributed by atoms with Crippen LogP contribution in [-0.4, -0.2) is 12.0 Å². The Morgan fingerprint density at radius 3 is 2.30 bits per heavy atom. The molecule has 12 rings (SSSR count). The Morgan fingerprint density at radius 2 is 1.42 bits per heavy atom. The Bertz CT molecular complexity index is 2920. The summed E-state index contributed by atoms with van der Waals surface area (Å²) in [6, 6.07) is 57.9. The van der Waals surface area contributed by atoms with Gasteiger partial charge in [0.15, 0.2) is 0 Å². The van der Waals surface area contributed by atoms with Gasteiger partial charge in [0.1, 0.15) is 18.2 Å². The van der Waals surface area contributed by atoms with E-state index in [1.54, 1.807) is 0 Å². The van der Waals surface area contributed by atoms with Gasteiger partial charge in [0.05, 0.1) is 5.41 Å². The van der Waals surface area contributed by atoms with Crippen LogP contribution in [0.2, 0.25) is 0 Å². The first-order valence-corrected chi connectivity index (χ1v) is 20.4. The van der Waals surface area contributed by atoms with E-state index in [0.29, 0.717) is 5.92 Å². The molecule has 2 N–H and O–H groups in total. The molecule has 4 aliphatic carbocycles. The lowest BCUT2D eigenvalue weighted by atomic mass is 9.63. The number of nitrogens with zero attached hydrogens (tertiary/aromatic N) is 1. The summed E-state index contributed by atoms with van der Waals surface area (Å²) in [5, 5.41) is 13.0. The van der Waals surface area contributed by atoms with E-state index in [0.717, 1.165) is 23.4 Å². The molecule has 272 valence electrons. The van der Waals surface area contributed by atoms with E-state index in [2.05, 4.69) is 205 Å². The molecule has 1 heterocycles. The molecule has 6 unspecified atom stereocenters. The topological polar surface area (TPSA) is 36.4 Å². The van der Waals surface area contributed by atoms with Crippen molar-refractivity contribution >= 4 is 27.4 Å². The minimum atomic E-state index is -0.338. The van der Waals surface area contributed by atoms with E-state index >= 15 is 0 Å². The van der Waals surface area contributed by atoms with E-state index in [1.807, 2.05) is 0 Å². The maximum Gasteiger partial charge on any atom is 0.131 e. The molecule has 3 heteroatoms. The van der Waals surface area contributed by atoms with Gasteiger partial charge in [0, 0.05) is 23.3 Å². The number of hydrogen-bond donors (Lipinski definition) is 2. The van der Waals surface area contributed by atoms with Crippen molar-refractivity contribution in [2.24, 2.45) is 10.9 Å². The Morgan fingerprint density at radius 1 is 0.667 bits per heavy atom. The summed E-state index contributed by atoms with van der Waals surface area (Å²) in [7, 11) is 0. The highest BCUT2D eigenvalue weighted by Gasteiger charge is 2.61. The molecule has 0 bridgehead atoms. The van der Waals surface area contributed by atoms with Gasteiger partial charge in [-0.3, -0.25) is 5.32 Å². The van der Waals surface area contributed by atoms with E-state index in [9.17, 15) is 0 Å². The summed E-state index contributed by atoms with van der Waals surface area (Å²) in [5.41, 5.74) is 13.2. The van der Waals surface area contributed by atoms with Crippen molar-refractivity contribution in [2.45, 2.75) is 36.0 Å². The maximum atomic E-state index is 5.33. The Balaban J connectivity index is 1.08. The zero-order valence-electron chi connectivity index (χ0n) is 31.5. The Labute approximate surface area is 333 Å². The maximum absolute atomic E-state index is 5.33. The van der Waals surface area contributed by atoms with Gasteiger partial charge >= 0.3 is 0 Å². The van der Waals surface area contributed by atoms with Crippen molar-refractivity contribution in [1.82, 2.24) is 10.6 Å². The number of benzene rings is 7. The quantitative estimate of drug-likeness (QED) is 0.189. The molecule has 0 amide bonds. The minimum absolute atomic E-state index is 0.159. The lowest BCUT2D eigenvalue weighted by Crippen LogP contribution is -2.52. The van der Waals surface area contributed by atoms with Crippen molar-refractivity contribution in [1.29, 1.82) is 0 Å². The predicted octanol–water partition coefficient (Wildman–Crippen LogP) is 11.8. The molecule has 0 saturated heterocycles. The Kier molecular flexibility index (Phi) is 7.30. The van der Waals surface area contributed by atoms with Crippen LogP contribution in [0.1, 0.15) is 57.8 Å². The summed E-state index contributed by atoms with van der Waals surface area (Å²) < 4.78 is 0. The van der Waals surface area contributed by atoms with Crippen LogP contribution in [0.4, 0.5) is 0 Å². The predicted molar refractivity (Wildman–Crippen MR) is 234 cm³/mol. The fourth-order valence-electron chi connectivity index (χ4n) is 11.0. The van der Waals surface area contributed by atoms with Crippen molar-refractivity contribution in [3.63, 3.8) is 0 Å². The molecule has 6 atom stereocenters. The van der Waals surface area contributed by atoms with Crippen LogP contribution in [0.25, 0.3) is 32.7 Å². The fourth-order valence-corrected chi connectivity index (χ4v) is 11.0. The number of fused-ring (bicyclic) bond motifs is 13.